The van der Waals surface area contributed by atoms with Gasteiger partial charge in [0.25, 0.3) is 0 Å². The number of hydrogen-bond donors (Lipinski definition) is 1. The van der Waals surface area contributed by atoms with Crippen LogP contribution in [0.1, 0.15) is 16.6 Å². The zero-order chi connectivity index (χ0) is 26.9. The number of carbonyl (C=O) groups excluding carboxylic acids is 1. The molecule has 0 aliphatic rings. The van der Waals surface area contributed by atoms with E-state index < -0.39 is 19.3 Å². The molecule has 0 aliphatic carbocycles. The molecule has 0 aliphatic heterocycles. The normalized spacial score (nSPS) is 12.8. The maximum atomic E-state index is 14.7. The van der Waals surface area contributed by atoms with Gasteiger partial charge in [0.15, 0.2) is 5.58 Å². The number of aromatic nitrogens is 1. The van der Waals surface area contributed by atoms with Gasteiger partial charge in [0.2, 0.25) is 0 Å². The second-order valence-electron chi connectivity index (χ2n) is 8.10. The maximum Gasteiger partial charge on any atom is 0.350 e. The molecule has 0 amide bonds. The van der Waals surface area contributed by atoms with Crippen molar-refractivity contribution in [1.29, 1.82) is 0 Å². The summed E-state index contributed by atoms with van der Waals surface area (Å²) in [6.45, 7) is 1.68. The molecule has 0 saturated heterocycles. The zero-order valence-electron chi connectivity index (χ0n) is 20.2. The Morgan fingerprint density at radius 3 is 2.58 bits per heavy atom. The molecule has 1 atom stereocenters. The number of benzene rings is 2. The summed E-state index contributed by atoms with van der Waals surface area (Å²) in [6, 6.07) is 18.5. The van der Waals surface area contributed by atoms with E-state index in [1.165, 1.54) is 19.2 Å². The fourth-order valence-electron chi connectivity index (χ4n) is 3.89. The minimum absolute atomic E-state index is 0.0374. The summed E-state index contributed by atoms with van der Waals surface area (Å²) in [6.07, 6.45) is 1.71. The second-order valence-corrected chi connectivity index (χ2v) is 11.7. The van der Waals surface area contributed by atoms with E-state index in [2.05, 4.69) is 10.1 Å². The summed E-state index contributed by atoms with van der Waals surface area (Å²) < 4.78 is 44.9. The van der Waals surface area contributed by atoms with Gasteiger partial charge < -0.3 is 18.8 Å². The number of anilines is 1. The van der Waals surface area contributed by atoms with Crippen LogP contribution in [0.5, 0.6) is 0 Å². The standard InChI is InChI=1S/C27H21ClFN2O5PS/c1-3-35-37(33,24-11-10-18(28)13-19(24)29)31-21-15-25(38-26(21)27(32)34-2)17-8-6-16(7-9-17)23-14-20-22(36-23)5-4-12-30-20/h4-15H,3H2,1-2H3,(H,31,33). The Balaban J connectivity index is 1.50. The number of nitrogens with zero attached hydrogens (tertiary/aromatic N) is 1. The van der Waals surface area contributed by atoms with Gasteiger partial charge in [-0.05, 0) is 48.9 Å². The molecule has 1 unspecified atom stereocenters. The van der Waals surface area contributed by atoms with Crippen LogP contribution in [0.25, 0.3) is 32.9 Å². The molecular formula is C27H21ClFN2O5PS. The number of rotatable bonds is 8. The molecule has 2 aromatic carbocycles. The summed E-state index contributed by atoms with van der Waals surface area (Å²) >= 11 is 7.02. The summed E-state index contributed by atoms with van der Waals surface area (Å²) in [4.78, 5) is 17.8. The maximum absolute atomic E-state index is 14.7. The number of methoxy groups -OCH3 is 1. The lowest BCUT2D eigenvalue weighted by atomic mass is 10.1. The van der Waals surface area contributed by atoms with Gasteiger partial charge in [0, 0.05) is 27.7 Å². The van der Waals surface area contributed by atoms with Gasteiger partial charge in [-0.1, -0.05) is 35.9 Å². The highest BCUT2D eigenvalue weighted by Gasteiger charge is 2.32. The molecule has 0 spiro atoms. The lowest BCUT2D eigenvalue weighted by Crippen LogP contribution is -2.18. The summed E-state index contributed by atoms with van der Waals surface area (Å²) in [5.74, 6) is -0.736. The molecule has 38 heavy (non-hydrogen) atoms. The number of thiophene rings is 1. The van der Waals surface area contributed by atoms with E-state index in [4.69, 9.17) is 25.3 Å². The van der Waals surface area contributed by atoms with Crippen molar-refractivity contribution in [3.8, 4) is 21.8 Å². The Kier molecular flexibility index (Phi) is 7.36. The third-order valence-corrected chi connectivity index (χ3v) is 9.20. The first-order chi connectivity index (χ1) is 18.3. The van der Waals surface area contributed by atoms with Crippen LogP contribution in [0.3, 0.4) is 0 Å². The van der Waals surface area contributed by atoms with E-state index >= 15 is 0 Å². The summed E-state index contributed by atoms with van der Waals surface area (Å²) in [5.41, 5.74) is 3.32. The Bertz CT molecular complexity index is 1650. The van der Waals surface area contributed by atoms with Crippen LogP contribution in [0.2, 0.25) is 5.02 Å². The minimum Gasteiger partial charge on any atom is -0.465 e. The number of pyridine rings is 1. The van der Waals surface area contributed by atoms with Gasteiger partial charge in [-0.15, -0.1) is 11.3 Å². The van der Waals surface area contributed by atoms with Gasteiger partial charge in [0.1, 0.15) is 22.0 Å². The van der Waals surface area contributed by atoms with Crippen LogP contribution in [0.4, 0.5) is 10.1 Å². The Labute approximate surface area is 226 Å². The number of esters is 1. The van der Waals surface area contributed by atoms with E-state index in [9.17, 15) is 13.8 Å². The van der Waals surface area contributed by atoms with Crippen molar-refractivity contribution < 1.29 is 27.4 Å². The van der Waals surface area contributed by atoms with Crippen molar-refractivity contribution in [2.75, 3.05) is 18.8 Å². The first-order valence-electron chi connectivity index (χ1n) is 11.5. The third-order valence-electron chi connectivity index (χ3n) is 5.65. The molecule has 3 aromatic heterocycles. The van der Waals surface area contributed by atoms with Gasteiger partial charge in [-0.2, -0.15) is 0 Å². The number of nitrogens with one attached hydrogen (secondary N) is 1. The Hall–Kier alpha value is -3.49. The largest absolute Gasteiger partial charge is 0.465 e. The van der Waals surface area contributed by atoms with Crippen LogP contribution in [-0.4, -0.2) is 24.7 Å². The molecular weight excluding hydrogens is 550 g/mol. The number of hydrogen-bond acceptors (Lipinski definition) is 7. The van der Waals surface area contributed by atoms with Crippen molar-refractivity contribution in [2.45, 2.75) is 6.92 Å². The molecule has 0 bridgehead atoms. The third kappa shape index (κ3) is 5.11. The molecule has 7 nitrogen and oxygen atoms in total. The highest BCUT2D eigenvalue weighted by molar-refractivity contribution is 7.68. The molecule has 1 N–H and O–H groups in total. The lowest BCUT2D eigenvalue weighted by Gasteiger charge is -2.20. The van der Waals surface area contributed by atoms with E-state index in [0.717, 1.165) is 34.0 Å². The molecule has 0 radical (unpaired) electrons. The fraction of sp³-hybridized carbons (Fsp3) is 0.111. The van der Waals surface area contributed by atoms with Crippen molar-refractivity contribution in [3.63, 3.8) is 0 Å². The Morgan fingerprint density at radius 2 is 1.89 bits per heavy atom. The molecule has 11 heteroatoms. The molecule has 0 saturated carbocycles. The number of carbonyl (C=O) groups is 1. The molecule has 0 fully saturated rings. The molecule has 5 aromatic rings. The van der Waals surface area contributed by atoms with Gasteiger partial charge in [-0.25, -0.2) is 9.18 Å². The SMILES string of the molecule is CCOP(=O)(Nc1cc(-c2ccc(-c3cc4ncccc4o3)cc2)sc1C(=O)OC)c1ccc(Cl)cc1F. The monoisotopic (exact) mass is 570 g/mol. The van der Waals surface area contributed by atoms with E-state index in [1.54, 1.807) is 19.2 Å². The molecule has 5 rings (SSSR count). The van der Waals surface area contributed by atoms with Gasteiger partial charge >= 0.3 is 13.5 Å². The van der Waals surface area contributed by atoms with Gasteiger partial charge in [0.05, 0.1) is 24.7 Å². The smallest absolute Gasteiger partial charge is 0.350 e. The zero-order valence-corrected chi connectivity index (χ0v) is 22.7. The first-order valence-corrected chi connectivity index (χ1v) is 14.3. The van der Waals surface area contributed by atoms with Crippen molar-refractivity contribution in [3.05, 3.63) is 88.6 Å². The van der Waals surface area contributed by atoms with Crippen molar-refractivity contribution >= 4 is 58.5 Å². The second kappa shape index (κ2) is 10.7. The highest BCUT2D eigenvalue weighted by Crippen LogP contribution is 2.49. The average Bonchev–Trinajstić information content (AvgIpc) is 3.53. The topological polar surface area (TPSA) is 90.7 Å². The quantitative estimate of drug-likeness (QED) is 0.150. The predicted octanol–water partition coefficient (Wildman–Crippen LogP) is 7.77. The van der Waals surface area contributed by atoms with Gasteiger partial charge in [-0.3, -0.25) is 9.55 Å². The van der Waals surface area contributed by atoms with E-state index in [1.807, 2.05) is 42.5 Å². The van der Waals surface area contributed by atoms with E-state index in [-0.39, 0.29) is 27.5 Å². The lowest BCUT2D eigenvalue weighted by molar-refractivity contribution is 0.0607. The summed E-state index contributed by atoms with van der Waals surface area (Å²) in [5, 5.41) is 2.77. The van der Waals surface area contributed by atoms with Crippen LogP contribution in [-0.2, 0) is 13.8 Å². The number of furan rings is 1. The predicted molar refractivity (Wildman–Crippen MR) is 148 cm³/mol. The van der Waals surface area contributed by atoms with Crippen LogP contribution < -0.4 is 10.4 Å². The number of fused-ring (bicyclic) bond motifs is 1. The molecule has 194 valence electrons. The number of halogens is 2. The van der Waals surface area contributed by atoms with Crippen molar-refractivity contribution in [1.82, 2.24) is 4.98 Å². The minimum atomic E-state index is -3.97. The summed E-state index contributed by atoms with van der Waals surface area (Å²) in [7, 11) is -2.72. The highest BCUT2D eigenvalue weighted by atomic mass is 35.5. The number of ether oxygens (including phenoxy) is 1. The fourth-order valence-corrected chi connectivity index (χ4v) is 6.96. The van der Waals surface area contributed by atoms with Crippen LogP contribution in [0.15, 0.2) is 77.3 Å². The average molecular weight is 571 g/mol. The Morgan fingerprint density at radius 1 is 1.13 bits per heavy atom. The van der Waals surface area contributed by atoms with Crippen molar-refractivity contribution in [2.24, 2.45) is 0 Å². The van der Waals surface area contributed by atoms with E-state index in [0.29, 0.717) is 16.2 Å². The van der Waals surface area contributed by atoms with Crippen LogP contribution >= 0.6 is 30.5 Å². The van der Waals surface area contributed by atoms with Crippen LogP contribution in [0, 0.1) is 5.82 Å². The molecule has 3 heterocycles. The first kappa shape index (κ1) is 26.1.